The van der Waals surface area contributed by atoms with E-state index in [9.17, 15) is 26.0 Å². The van der Waals surface area contributed by atoms with Crippen LogP contribution in [-0.2, 0) is 10.0 Å². The quantitative estimate of drug-likeness (QED) is 0.676. The molecule has 0 spiro atoms. The van der Waals surface area contributed by atoms with Crippen LogP contribution in [-0.4, -0.2) is 31.9 Å². The molecule has 1 aromatic carbocycles. The first kappa shape index (κ1) is 17.2. The Balaban J connectivity index is 2.47. The monoisotopic (exact) mass is 340 g/mol. The van der Waals surface area contributed by atoms with Crippen molar-refractivity contribution in [3.8, 4) is 0 Å². The molecule has 0 amide bonds. The minimum Gasteiger partial charge on any atom is -0.328 e. The summed E-state index contributed by atoms with van der Waals surface area (Å²) in [4.78, 5) is -1.59. The molecule has 0 aliphatic carbocycles. The Hall–Kier alpha value is -1.19. The number of nitrogens with zero attached hydrogens (tertiary/aromatic N) is 1. The number of nitrogens with two attached hydrogens (primary N) is 1. The SMILES string of the molecule is CC(N)C1CCCN(S(=O)(=O)c2c(F)c(F)cc(F)c2F)C1. The third-order valence-electron chi connectivity index (χ3n) is 3.83. The summed E-state index contributed by atoms with van der Waals surface area (Å²) in [6.45, 7) is 1.67. The molecule has 2 atom stereocenters. The summed E-state index contributed by atoms with van der Waals surface area (Å²) in [5.74, 6) is -7.52. The highest BCUT2D eigenvalue weighted by Gasteiger charge is 2.37. The van der Waals surface area contributed by atoms with E-state index < -0.39 is 38.2 Å². The molecule has 4 nitrogen and oxygen atoms in total. The summed E-state index contributed by atoms with van der Waals surface area (Å²) in [6.07, 6.45) is 1.12. The zero-order chi connectivity index (χ0) is 16.7. The van der Waals surface area contributed by atoms with E-state index >= 15 is 0 Å². The molecule has 2 rings (SSSR count). The lowest BCUT2D eigenvalue weighted by molar-refractivity contribution is 0.241. The average molecular weight is 340 g/mol. The van der Waals surface area contributed by atoms with Gasteiger partial charge < -0.3 is 5.73 Å². The first-order valence-corrected chi connectivity index (χ1v) is 8.19. The van der Waals surface area contributed by atoms with Crippen LogP contribution in [0.5, 0.6) is 0 Å². The standard InChI is InChI=1S/C13H16F4N2O2S/c1-7(18)8-3-2-4-19(6-8)22(20,21)13-11(16)9(14)5-10(15)12(13)17/h5,7-8H,2-4,6,18H2,1H3. The molecule has 1 heterocycles. The molecule has 1 aliphatic heterocycles. The molecule has 124 valence electrons. The van der Waals surface area contributed by atoms with Crippen LogP contribution in [0.1, 0.15) is 19.8 Å². The second-order valence-electron chi connectivity index (χ2n) is 5.42. The number of halogens is 4. The summed E-state index contributed by atoms with van der Waals surface area (Å²) < 4.78 is 79.5. The van der Waals surface area contributed by atoms with Gasteiger partial charge in [-0.1, -0.05) is 0 Å². The number of hydrogen-bond acceptors (Lipinski definition) is 3. The summed E-state index contributed by atoms with van der Waals surface area (Å²) in [6, 6.07) is -0.332. The van der Waals surface area contributed by atoms with E-state index in [0.717, 1.165) is 4.31 Å². The Morgan fingerprint density at radius 2 is 1.77 bits per heavy atom. The summed E-state index contributed by atoms with van der Waals surface area (Å²) in [5, 5.41) is 0. The lowest BCUT2D eigenvalue weighted by atomic mass is 9.93. The van der Waals surface area contributed by atoms with E-state index in [-0.39, 0.29) is 31.1 Å². The molecule has 0 saturated carbocycles. The Bertz CT molecular complexity index is 653. The molecular weight excluding hydrogens is 324 g/mol. The van der Waals surface area contributed by atoms with Crippen molar-refractivity contribution in [2.75, 3.05) is 13.1 Å². The van der Waals surface area contributed by atoms with Gasteiger partial charge in [0.15, 0.2) is 28.2 Å². The fourth-order valence-electron chi connectivity index (χ4n) is 2.53. The van der Waals surface area contributed by atoms with Crippen molar-refractivity contribution in [3.05, 3.63) is 29.3 Å². The van der Waals surface area contributed by atoms with Gasteiger partial charge in [-0.3, -0.25) is 0 Å². The second kappa shape index (κ2) is 6.13. The minimum atomic E-state index is -4.69. The molecule has 1 aromatic rings. The summed E-state index contributed by atoms with van der Waals surface area (Å²) in [5.41, 5.74) is 5.73. The van der Waals surface area contributed by atoms with E-state index in [2.05, 4.69) is 0 Å². The highest BCUT2D eigenvalue weighted by Crippen LogP contribution is 2.30. The summed E-state index contributed by atoms with van der Waals surface area (Å²) >= 11 is 0. The first-order valence-electron chi connectivity index (χ1n) is 6.75. The first-order chi connectivity index (χ1) is 10.2. The van der Waals surface area contributed by atoms with Crippen LogP contribution in [0.4, 0.5) is 17.6 Å². The fourth-order valence-corrected chi connectivity index (χ4v) is 4.19. The van der Waals surface area contributed by atoms with E-state index in [1.807, 2.05) is 0 Å². The van der Waals surface area contributed by atoms with Gasteiger partial charge in [-0.05, 0) is 25.7 Å². The molecule has 1 aliphatic rings. The molecule has 1 fully saturated rings. The third-order valence-corrected chi connectivity index (χ3v) is 5.72. The van der Waals surface area contributed by atoms with Crippen molar-refractivity contribution in [2.45, 2.75) is 30.7 Å². The van der Waals surface area contributed by atoms with Crippen LogP contribution in [0.2, 0.25) is 0 Å². The Kier molecular flexibility index (Phi) is 4.78. The highest BCUT2D eigenvalue weighted by molar-refractivity contribution is 7.89. The van der Waals surface area contributed by atoms with Crippen molar-refractivity contribution in [3.63, 3.8) is 0 Å². The maximum Gasteiger partial charge on any atom is 0.249 e. The number of benzene rings is 1. The largest absolute Gasteiger partial charge is 0.328 e. The maximum atomic E-state index is 13.7. The molecule has 22 heavy (non-hydrogen) atoms. The maximum absolute atomic E-state index is 13.7. The zero-order valence-electron chi connectivity index (χ0n) is 11.8. The van der Waals surface area contributed by atoms with Gasteiger partial charge in [0.1, 0.15) is 0 Å². The van der Waals surface area contributed by atoms with Crippen LogP contribution in [0.25, 0.3) is 0 Å². The lowest BCUT2D eigenvalue weighted by Gasteiger charge is -2.33. The van der Waals surface area contributed by atoms with Crippen LogP contribution >= 0.6 is 0 Å². The van der Waals surface area contributed by atoms with Crippen molar-refractivity contribution in [1.82, 2.24) is 4.31 Å². The minimum absolute atomic E-state index is 0.0164. The van der Waals surface area contributed by atoms with Gasteiger partial charge >= 0.3 is 0 Å². The van der Waals surface area contributed by atoms with Gasteiger partial charge in [0.2, 0.25) is 10.0 Å². The van der Waals surface area contributed by atoms with E-state index in [1.54, 1.807) is 6.92 Å². The van der Waals surface area contributed by atoms with Crippen LogP contribution < -0.4 is 5.73 Å². The summed E-state index contributed by atoms with van der Waals surface area (Å²) in [7, 11) is -4.69. The molecular formula is C13H16F4N2O2S. The molecule has 1 saturated heterocycles. The zero-order valence-corrected chi connectivity index (χ0v) is 12.6. The lowest BCUT2D eigenvalue weighted by Crippen LogP contribution is -2.45. The molecule has 2 unspecified atom stereocenters. The van der Waals surface area contributed by atoms with Crippen LogP contribution in [0.15, 0.2) is 11.0 Å². The smallest absolute Gasteiger partial charge is 0.249 e. The molecule has 0 radical (unpaired) electrons. The molecule has 2 N–H and O–H groups in total. The van der Waals surface area contributed by atoms with Crippen LogP contribution in [0.3, 0.4) is 0 Å². The van der Waals surface area contributed by atoms with E-state index in [1.165, 1.54) is 0 Å². The van der Waals surface area contributed by atoms with Gasteiger partial charge in [-0.15, -0.1) is 0 Å². The van der Waals surface area contributed by atoms with Crippen molar-refractivity contribution < 1.29 is 26.0 Å². The van der Waals surface area contributed by atoms with Crippen molar-refractivity contribution >= 4 is 10.0 Å². The van der Waals surface area contributed by atoms with Gasteiger partial charge in [0.25, 0.3) is 0 Å². The second-order valence-corrected chi connectivity index (χ2v) is 7.30. The van der Waals surface area contributed by atoms with Gasteiger partial charge in [0, 0.05) is 25.2 Å². The number of piperidine rings is 1. The number of sulfonamides is 1. The Labute approximate surface area is 126 Å². The molecule has 0 bridgehead atoms. The topological polar surface area (TPSA) is 63.4 Å². The number of hydrogen-bond donors (Lipinski definition) is 1. The Morgan fingerprint density at radius 1 is 1.23 bits per heavy atom. The predicted octanol–water partition coefficient (Wildman–Crippen LogP) is 1.99. The highest BCUT2D eigenvalue weighted by atomic mass is 32.2. The number of rotatable bonds is 3. The van der Waals surface area contributed by atoms with E-state index in [0.29, 0.717) is 12.8 Å². The van der Waals surface area contributed by atoms with Gasteiger partial charge in [-0.2, -0.15) is 4.31 Å². The van der Waals surface area contributed by atoms with Crippen LogP contribution in [0, 0.1) is 29.2 Å². The predicted molar refractivity (Wildman–Crippen MR) is 71.4 cm³/mol. The Morgan fingerprint density at radius 3 is 2.27 bits per heavy atom. The van der Waals surface area contributed by atoms with Crippen molar-refractivity contribution in [2.24, 2.45) is 11.7 Å². The average Bonchev–Trinajstić information content (AvgIpc) is 2.45. The van der Waals surface area contributed by atoms with E-state index in [4.69, 9.17) is 5.73 Å². The van der Waals surface area contributed by atoms with Gasteiger partial charge in [0.05, 0.1) is 0 Å². The van der Waals surface area contributed by atoms with Gasteiger partial charge in [-0.25, -0.2) is 26.0 Å². The molecule has 9 heteroatoms. The van der Waals surface area contributed by atoms with Crippen molar-refractivity contribution in [1.29, 1.82) is 0 Å². The normalized spacial score (nSPS) is 21.8. The fraction of sp³-hybridized carbons (Fsp3) is 0.538. The third kappa shape index (κ3) is 2.97. The molecule has 0 aromatic heterocycles.